The zero-order valence-corrected chi connectivity index (χ0v) is 16.5. The third-order valence-electron chi connectivity index (χ3n) is 6.56. The summed E-state index contributed by atoms with van der Waals surface area (Å²) in [5.41, 5.74) is 2.25. The van der Waals surface area contributed by atoms with Crippen LogP contribution in [0.25, 0.3) is 10.9 Å². The average Bonchev–Trinajstić information content (AvgIpc) is 3.30. The molecule has 1 aromatic heterocycles. The monoisotopic (exact) mass is 382 g/mol. The third kappa shape index (κ3) is 3.86. The molecule has 28 heavy (non-hydrogen) atoms. The van der Waals surface area contributed by atoms with E-state index in [9.17, 15) is 0 Å². The molecule has 1 aromatic carbocycles. The van der Waals surface area contributed by atoms with Crippen molar-refractivity contribution in [1.82, 2.24) is 14.9 Å². The molecule has 1 N–H and O–H groups in total. The fourth-order valence-corrected chi connectivity index (χ4v) is 4.95. The Balaban J connectivity index is 1.28. The molecular weight excluding hydrogens is 352 g/mol. The fourth-order valence-electron chi connectivity index (χ4n) is 4.95. The predicted molar refractivity (Wildman–Crippen MR) is 110 cm³/mol. The van der Waals surface area contributed by atoms with E-state index in [0.29, 0.717) is 6.04 Å². The van der Waals surface area contributed by atoms with Gasteiger partial charge in [-0.25, -0.2) is 9.97 Å². The van der Waals surface area contributed by atoms with Crippen LogP contribution in [0.2, 0.25) is 0 Å². The smallest absolute Gasteiger partial charge is 0.137 e. The van der Waals surface area contributed by atoms with Gasteiger partial charge in [-0.1, -0.05) is 6.07 Å². The molecule has 0 bridgehead atoms. The van der Waals surface area contributed by atoms with Crippen LogP contribution in [-0.4, -0.2) is 59.9 Å². The van der Waals surface area contributed by atoms with Crippen LogP contribution < -0.4 is 5.32 Å². The zero-order valence-electron chi connectivity index (χ0n) is 16.5. The minimum absolute atomic E-state index is 0.224. The molecule has 0 radical (unpaired) electrons. The van der Waals surface area contributed by atoms with Crippen molar-refractivity contribution in [3.63, 3.8) is 0 Å². The number of morpholine rings is 1. The lowest BCUT2D eigenvalue weighted by Gasteiger charge is -2.39. The van der Waals surface area contributed by atoms with Crippen LogP contribution in [-0.2, 0) is 9.47 Å². The van der Waals surface area contributed by atoms with Gasteiger partial charge in [0.15, 0.2) is 0 Å². The van der Waals surface area contributed by atoms with E-state index >= 15 is 0 Å². The third-order valence-corrected chi connectivity index (χ3v) is 6.56. The number of hydrogen-bond donors (Lipinski definition) is 1. The molecule has 3 aliphatic rings. The number of ether oxygens (including phenoxy) is 2. The van der Waals surface area contributed by atoms with Gasteiger partial charge in [0.25, 0.3) is 0 Å². The van der Waals surface area contributed by atoms with E-state index in [0.717, 1.165) is 68.5 Å². The Hall–Kier alpha value is -1.76. The van der Waals surface area contributed by atoms with Gasteiger partial charge < -0.3 is 14.8 Å². The van der Waals surface area contributed by atoms with Crippen LogP contribution >= 0.6 is 0 Å². The van der Waals surface area contributed by atoms with Crippen molar-refractivity contribution in [3.05, 3.63) is 30.1 Å². The number of nitrogens with zero attached hydrogens (tertiary/aromatic N) is 3. The number of nitrogens with one attached hydrogen (secondary N) is 1. The highest BCUT2D eigenvalue weighted by Gasteiger charge is 2.27. The molecule has 1 unspecified atom stereocenters. The molecular formula is C22H30N4O2. The normalized spacial score (nSPS) is 29.2. The number of benzene rings is 1. The standard InChI is InChI=1S/C22H30N4O2/c1-2-21(28-11-1)16-3-8-20-19(14-16)22(24-15-23-20)25-17-4-6-18(7-5-17)26-9-12-27-13-10-26/h3,8,14-15,17-18,21H,1-2,4-7,9-13H2,(H,23,24,25)/t17-,18-,21?. The van der Waals surface area contributed by atoms with Crippen LogP contribution in [0.15, 0.2) is 24.5 Å². The van der Waals surface area contributed by atoms with Gasteiger partial charge in [0.05, 0.1) is 24.8 Å². The summed E-state index contributed by atoms with van der Waals surface area (Å²) < 4.78 is 11.4. The van der Waals surface area contributed by atoms with Gasteiger partial charge in [-0.15, -0.1) is 0 Å². The highest BCUT2D eigenvalue weighted by atomic mass is 16.5. The van der Waals surface area contributed by atoms with E-state index in [1.165, 1.54) is 31.2 Å². The van der Waals surface area contributed by atoms with Crippen LogP contribution in [0.4, 0.5) is 5.82 Å². The van der Waals surface area contributed by atoms with E-state index in [1.54, 1.807) is 6.33 Å². The van der Waals surface area contributed by atoms with Crippen LogP contribution in [0.3, 0.4) is 0 Å². The van der Waals surface area contributed by atoms with Gasteiger partial charge in [0.1, 0.15) is 12.1 Å². The summed E-state index contributed by atoms with van der Waals surface area (Å²) in [5, 5.41) is 4.85. The van der Waals surface area contributed by atoms with Crippen molar-refractivity contribution in [2.24, 2.45) is 0 Å². The molecule has 1 aliphatic carbocycles. The Morgan fingerprint density at radius 2 is 1.82 bits per heavy atom. The van der Waals surface area contributed by atoms with Crippen LogP contribution in [0, 0.1) is 0 Å². The largest absolute Gasteiger partial charge is 0.379 e. The van der Waals surface area contributed by atoms with E-state index in [2.05, 4.69) is 38.4 Å². The number of rotatable bonds is 4. The molecule has 3 fully saturated rings. The van der Waals surface area contributed by atoms with Gasteiger partial charge in [-0.05, 0) is 56.2 Å². The maximum Gasteiger partial charge on any atom is 0.137 e. The van der Waals surface area contributed by atoms with Crippen LogP contribution in [0.1, 0.15) is 50.2 Å². The minimum atomic E-state index is 0.224. The molecule has 6 heteroatoms. The van der Waals surface area contributed by atoms with E-state index in [-0.39, 0.29) is 6.10 Å². The molecule has 1 saturated carbocycles. The molecule has 3 heterocycles. The van der Waals surface area contributed by atoms with E-state index in [1.807, 2.05) is 0 Å². The summed E-state index contributed by atoms with van der Waals surface area (Å²) >= 11 is 0. The second-order valence-corrected chi connectivity index (χ2v) is 8.30. The second-order valence-electron chi connectivity index (χ2n) is 8.30. The van der Waals surface area contributed by atoms with E-state index < -0.39 is 0 Å². The molecule has 5 rings (SSSR count). The Labute approximate surface area is 166 Å². The number of fused-ring (bicyclic) bond motifs is 1. The Morgan fingerprint density at radius 1 is 0.964 bits per heavy atom. The lowest BCUT2D eigenvalue weighted by Crippen LogP contribution is -2.46. The maximum absolute atomic E-state index is 5.87. The Morgan fingerprint density at radius 3 is 2.61 bits per heavy atom. The molecule has 0 amide bonds. The van der Waals surface area contributed by atoms with Gasteiger partial charge >= 0.3 is 0 Å². The lowest BCUT2D eigenvalue weighted by molar-refractivity contribution is 0.00791. The number of aromatic nitrogens is 2. The summed E-state index contributed by atoms with van der Waals surface area (Å²) in [6, 6.07) is 7.70. The first-order valence-electron chi connectivity index (χ1n) is 10.8. The zero-order chi connectivity index (χ0) is 18.8. The Bertz CT molecular complexity index is 794. The number of hydrogen-bond acceptors (Lipinski definition) is 6. The molecule has 2 aromatic rings. The average molecular weight is 383 g/mol. The quantitative estimate of drug-likeness (QED) is 0.873. The summed E-state index contributed by atoms with van der Waals surface area (Å²) in [6.07, 6.45) is 9.04. The van der Waals surface area contributed by atoms with Gasteiger partial charge in [0.2, 0.25) is 0 Å². The Kier molecular flexibility index (Phi) is 5.43. The van der Waals surface area contributed by atoms with Crippen LogP contribution in [0.5, 0.6) is 0 Å². The van der Waals surface area contributed by atoms with Crippen molar-refractivity contribution >= 4 is 16.7 Å². The molecule has 6 nitrogen and oxygen atoms in total. The van der Waals surface area contributed by atoms with Gasteiger partial charge in [-0.2, -0.15) is 0 Å². The van der Waals surface area contributed by atoms with Gasteiger partial charge in [-0.3, -0.25) is 4.90 Å². The van der Waals surface area contributed by atoms with Crippen molar-refractivity contribution < 1.29 is 9.47 Å². The summed E-state index contributed by atoms with van der Waals surface area (Å²) in [5.74, 6) is 0.972. The topological polar surface area (TPSA) is 59.5 Å². The lowest BCUT2D eigenvalue weighted by atomic mass is 9.90. The minimum Gasteiger partial charge on any atom is -0.379 e. The SMILES string of the molecule is c1nc(N[C@H]2CC[C@H](N3CCOCC3)CC2)c2cc(C3CCCO3)ccc2n1. The van der Waals surface area contributed by atoms with E-state index in [4.69, 9.17) is 9.47 Å². The molecule has 1 atom stereocenters. The summed E-state index contributed by atoms with van der Waals surface area (Å²) in [7, 11) is 0. The number of anilines is 1. The van der Waals surface area contributed by atoms with Crippen molar-refractivity contribution in [2.75, 3.05) is 38.2 Å². The first-order valence-corrected chi connectivity index (χ1v) is 10.8. The van der Waals surface area contributed by atoms with Crippen molar-refractivity contribution in [1.29, 1.82) is 0 Å². The molecule has 2 aliphatic heterocycles. The first kappa shape index (κ1) is 18.3. The predicted octanol–water partition coefficient (Wildman–Crippen LogP) is 3.54. The highest BCUT2D eigenvalue weighted by Crippen LogP contribution is 2.33. The highest BCUT2D eigenvalue weighted by molar-refractivity contribution is 5.89. The first-order chi connectivity index (χ1) is 13.9. The summed E-state index contributed by atoms with van der Waals surface area (Å²) in [6.45, 7) is 4.82. The van der Waals surface area contributed by atoms with Crippen molar-refractivity contribution in [3.8, 4) is 0 Å². The van der Waals surface area contributed by atoms with Gasteiger partial charge in [0, 0.05) is 37.2 Å². The summed E-state index contributed by atoms with van der Waals surface area (Å²) in [4.78, 5) is 11.7. The maximum atomic E-state index is 5.87. The molecule has 2 saturated heterocycles. The fraction of sp³-hybridized carbons (Fsp3) is 0.636. The second kappa shape index (κ2) is 8.31. The molecule has 150 valence electrons. The molecule has 0 spiro atoms. The van der Waals surface area contributed by atoms with Crippen molar-refractivity contribution in [2.45, 2.75) is 56.7 Å².